The van der Waals surface area contributed by atoms with Gasteiger partial charge < -0.3 is 4.74 Å². The second-order valence-electron chi connectivity index (χ2n) is 7.30. The van der Waals surface area contributed by atoms with Crippen LogP contribution in [0.3, 0.4) is 0 Å². The van der Waals surface area contributed by atoms with Crippen molar-refractivity contribution in [2.45, 2.75) is 43.5 Å². The van der Waals surface area contributed by atoms with E-state index in [1.54, 1.807) is 0 Å². The molecule has 0 amide bonds. The molecular weight excluding hydrogens is 433 g/mol. The minimum absolute atomic E-state index is 0.0101. The number of benzene rings is 2. The van der Waals surface area contributed by atoms with E-state index in [9.17, 15) is 26.4 Å². The maximum atomic E-state index is 12.1. The molecule has 0 fully saturated rings. The number of carbonyl (C=O) groups is 1. The van der Waals surface area contributed by atoms with E-state index < -0.39 is 22.2 Å². The normalized spacial score (nSPS) is 13.6. The van der Waals surface area contributed by atoms with Gasteiger partial charge in [0.2, 0.25) is 0 Å². The first-order valence-electron chi connectivity index (χ1n) is 10.0. The van der Waals surface area contributed by atoms with E-state index in [1.165, 1.54) is 0 Å². The van der Waals surface area contributed by atoms with Gasteiger partial charge >= 0.3 is 21.6 Å². The van der Waals surface area contributed by atoms with Crippen molar-refractivity contribution in [3.8, 4) is 11.1 Å². The molecule has 0 heterocycles. The number of hydrogen-bond donors (Lipinski definition) is 0. The van der Waals surface area contributed by atoms with E-state index in [-0.39, 0.29) is 31.3 Å². The number of halogens is 3. The lowest BCUT2D eigenvalue weighted by atomic mass is 9.98. The van der Waals surface area contributed by atoms with Crippen LogP contribution in [0, 0.1) is 0 Å². The highest BCUT2D eigenvalue weighted by Gasteiger charge is 2.47. The fraction of sp³-hybridized carbons (Fsp3) is 0.409. The van der Waals surface area contributed by atoms with Crippen molar-refractivity contribution in [2.24, 2.45) is 0 Å². The van der Waals surface area contributed by atoms with Gasteiger partial charge in [-0.2, -0.15) is 21.6 Å². The summed E-state index contributed by atoms with van der Waals surface area (Å²) in [5.74, 6) is -0.346. The van der Waals surface area contributed by atoms with Crippen LogP contribution in [0.25, 0.3) is 11.1 Å². The standard InChI is InChI=1S/C22H23F3O5S/c23-22(24,25)31(27,28)30-14-8-2-1-3-13-21(26)29-15-20-18-11-6-4-9-16(18)17-10-5-7-12-19(17)20/h4-7,9-12,20H,1-3,8,13-15H2. The van der Waals surface area contributed by atoms with Crippen LogP contribution in [-0.4, -0.2) is 33.1 Å². The zero-order chi connectivity index (χ0) is 22.5. The summed E-state index contributed by atoms with van der Waals surface area (Å²) in [5, 5.41) is 0. The molecule has 3 rings (SSSR count). The van der Waals surface area contributed by atoms with Crippen molar-refractivity contribution in [2.75, 3.05) is 13.2 Å². The molecule has 168 valence electrons. The molecule has 2 aromatic carbocycles. The Morgan fingerprint density at radius 1 is 0.871 bits per heavy atom. The summed E-state index contributed by atoms with van der Waals surface area (Å²) in [6.07, 6.45) is 1.85. The SMILES string of the molecule is O=C(CCCCCCOS(=O)(=O)C(F)(F)F)OCC1c2ccccc2-c2ccccc21. The van der Waals surface area contributed by atoms with Crippen LogP contribution in [0.1, 0.15) is 49.1 Å². The summed E-state index contributed by atoms with van der Waals surface area (Å²) in [6, 6.07) is 16.1. The van der Waals surface area contributed by atoms with Gasteiger partial charge in [-0.1, -0.05) is 61.4 Å². The lowest BCUT2D eigenvalue weighted by Gasteiger charge is -2.14. The third-order valence-electron chi connectivity index (χ3n) is 5.17. The molecule has 0 atom stereocenters. The lowest BCUT2D eigenvalue weighted by Crippen LogP contribution is -2.25. The highest BCUT2D eigenvalue weighted by molar-refractivity contribution is 7.87. The highest BCUT2D eigenvalue weighted by atomic mass is 32.2. The third kappa shape index (κ3) is 5.65. The maximum absolute atomic E-state index is 12.1. The Bertz CT molecular complexity index is 972. The second-order valence-corrected chi connectivity index (χ2v) is 8.90. The third-order valence-corrected chi connectivity index (χ3v) is 6.21. The molecule has 2 aromatic rings. The average molecular weight is 456 g/mol. The molecule has 9 heteroatoms. The summed E-state index contributed by atoms with van der Waals surface area (Å²) < 4.78 is 67.3. The predicted octanol–water partition coefficient (Wildman–Crippen LogP) is 5.16. The number of hydrogen-bond acceptors (Lipinski definition) is 5. The van der Waals surface area contributed by atoms with Gasteiger partial charge in [-0.25, -0.2) is 0 Å². The molecule has 5 nitrogen and oxygen atoms in total. The number of esters is 1. The van der Waals surface area contributed by atoms with Crippen LogP contribution >= 0.6 is 0 Å². The van der Waals surface area contributed by atoms with E-state index in [1.807, 2.05) is 36.4 Å². The Labute approximate surface area is 179 Å². The van der Waals surface area contributed by atoms with Crippen LogP contribution in [0.15, 0.2) is 48.5 Å². The summed E-state index contributed by atoms with van der Waals surface area (Å²) in [7, 11) is -5.54. The molecule has 0 spiro atoms. The largest absolute Gasteiger partial charge is 0.523 e. The molecule has 31 heavy (non-hydrogen) atoms. The zero-order valence-electron chi connectivity index (χ0n) is 16.7. The Morgan fingerprint density at radius 2 is 1.42 bits per heavy atom. The molecule has 0 unspecified atom stereocenters. The van der Waals surface area contributed by atoms with Crippen LogP contribution in [0.4, 0.5) is 13.2 Å². The number of ether oxygens (including phenoxy) is 1. The van der Waals surface area contributed by atoms with Crippen LogP contribution < -0.4 is 0 Å². The molecule has 0 N–H and O–H groups in total. The molecule has 0 aliphatic heterocycles. The first kappa shape index (κ1) is 23.3. The fourth-order valence-corrected chi connectivity index (χ4v) is 4.12. The number of alkyl halides is 3. The minimum Gasteiger partial charge on any atom is -0.465 e. The van der Waals surface area contributed by atoms with Crippen molar-refractivity contribution in [1.29, 1.82) is 0 Å². The van der Waals surface area contributed by atoms with Crippen molar-refractivity contribution in [3.63, 3.8) is 0 Å². The summed E-state index contributed by atoms with van der Waals surface area (Å²) >= 11 is 0. The predicted molar refractivity (Wildman–Crippen MR) is 109 cm³/mol. The Hall–Kier alpha value is -2.39. The summed E-state index contributed by atoms with van der Waals surface area (Å²) in [6.45, 7) is -0.289. The zero-order valence-corrected chi connectivity index (χ0v) is 17.5. The maximum Gasteiger partial charge on any atom is 0.523 e. The monoisotopic (exact) mass is 456 g/mol. The second kappa shape index (κ2) is 9.82. The van der Waals surface area contributed by atoms with Gasteiger partial charge in [0.25, 0.3) is 0 Å². The number of fused-ring (bicyclic) bond motifs is 3. The van der Waals surface area contributed by atoms with E-state index in [2.05, 4.69) is 16.3 Å². The van der Waals surface area contributed by atoms with Gasteiger partial charge in [-0.3, -0.25) is 8.98 Å². The first-order valence-corrected chi connectivity index (χ1v) is 11.4. The highest BCUT2D eigenvalue weighted by Crippen LogP contribution is 2.44. The van der Waals surface area contributed by atoms with Gasteiger partial charge in [-0.05, 0) is 35.1 Å². The van der Waals surface area contributed by atoms with E-state index >= 15 is 0 Å². The van der Waals surface area contributed by atoms with Gasteiger partial charge in [0.1, 0.15) is 6.61 Å². The summed E-state index contributed by atoms with van der Waals surface area (Å²) in [4.78, 5) is 12.1. The minimum atomic E-state index is -5.54. The summed E-state index contributed by atoms with van der Waals surface area (Å²) in [5.41, 5.74) is -0.852. The van der Waals surface area contributed by atoms with E-state index in [4.69, 9.17) is 4.74 Å². The molecule has 1 aliphatic rings. The Balaban J connectivity index is 1.37. The van der Waals surface area contributed by atoms with E-state index in [0.29, 0.717) is 19.3 Å². The molecule has 0 bridgehead atoms. The quantitative estimate of drug-likeness (QED) is 0.214. The molecule has 1 aliphatic carbocycles. The van der Waals surface area contributed by atoms with Crippen molar-refractivity contribution in [3.05, 3.63) is 59.7 Å². The van der Waals surface area contributed by atoms with E-state index in [0.717, 1.165) is 22.3 Å². The molecule has 0 saturated carbocycles. The van der Waals surface area contributed by atoms with Gasteiger partial charge in [0, 0.05) is 12.3 Å². The Morgan fingerprint density at radius 3 is 2.00 bits per heavy atom. The van der Waals surface area contributed by atoms with Gasteiger partial charge in [0.05, 0.1) is 6.61 Å². The molecule has 0 saturated heterocycles. The number of carbonyl (C=O) groups excluding carboxylic acids is 1. The van der Waals surface area contributed by atoms with Crippen molar-refractivity contribution in [1.82, 2.24) is 0 Å². The molecule has 0 radical (unpaired) electrons. The Kier molecular flexibility index (Phi) is 7.38. The van der Waals surface area contributed by atoms with Crippen LogP contribution in [0.5, 0.6) is 0 Å². The van der Waals surface area contributed by atoms with Crippen LogP contribution in [-0.2, 0) is 23.8 Å². The molecule has 0 aromatic heterocycles. The van der Waals surface area contributed by atoms with Crippen molar-refractivity contribution >= 4 is 16.1 Å². The van der Waals surface area contributed by atoms with Crippen molar-refractivity contribution < 1.29 is 35.3 Å². The number of unbranched alkanes of at least 4 members (excludes halogenated alkanes) is 3. The average Bonchev–Trinajstić information content (AvgIpc) is 3.04. The lowest BCUT2D eigenvalue weighted by molar-refractivity contribution is -0.144. The van der Waals surface area contributed by atoms with Gasteiger partial charge in [0.15, 0.2) is 0 Å². The number of rotatable bonds is 10. The first-order chi connectivity index (χ1) is 14.7. The van der Waals surface area contributed by atoms with Gasteiger partial charge in [-0.15, -0.1) is 0 Å². The smallest absolute Gasteiger partial charge is 0.465 e. The van der Waals surface area contributed by atoms with Crippen LogP contribution in [0.2, 0.25) is 0 Å². The fourth-order valence-electron chi connectivity index (χ4n) is 3.65. The molecular formula is C22H23F3O5S. The topological polar surface area (TPSA) is 69.7 Å².